The zero-order valence-electron chi connectivity index (χ0n) is 12.1. The summed E-state index contributed by atoms with van der Waals surface area (Å²) in [5.41, 5.74) is 10.2. The number of nitrogens with zero attached hydrogens (tertiary/aromatic N) is 2. The number of aryl methyl sites for hydroxylation is 1. The second kappa shape index (κ2) is 5.32. The van der Waals surface area contributed by atoms with Gasteiger partial charge in [0.1, 0.15) is 11.6 Å². The largest absolute Gasteiger partial charge is 0.497 e. The maximum atomic E-state index is 6.32. The van der Waals surface area contributed by atoms with E-state index in [1.165, 1.54) is 0 Å². The first-order valence-electron chi connectivity index (χ1n) is 6.75. The molecule has 106 valence electrons. The van der Waals surface area contributed by atoms with Gasteiger partial charge < -0.3 is 10.5 Å². The molecule has 1 aromatic heterocycles. The molecule has 3 rings (SSSR count). The lowest BCUT2D eigenvalue weighted by Crippen LogP contribution is -2.02. The van der Waals surface area contributed by atoms with Crippen LogP contribution in [0.1, 0.15) is 5.69 Å². The second-order valence-corrected chi connectivity index (χ2v) is 4.82. The Labute approximate surface area is 123 Å². The average molecular weight is 279 g/mol. The van der Waals surface area contributed by atoms with Gasteiger partial charge in [0.25, 0.3) is 0 Å². The Kier molecular flexibility index (Phi) is 3.36. The van der Waals surface area contributed by atoms with E-state index < -0.39 is 0 Å². The van der Waals surface area contributed by atoms with Crippen LogP contribution in [-0.2, 0) is 0 Å². The molecular weight excluding hydrogens is 262 g/mol. The van der Waals surface area contributed by atoms with Crippen molar-refractivity contribution in [1.29, 1.82) is 0 Å². The Morgan fingerprint density at radius 2 is 1.81 bits per heavy atom. The van der Waals surface area contributed by atoms with Crippen molar-refractivity contribution in [2.24, 2.45) is 0 Å². The summed E-state index contributed by atoms with van der Waals surface area (Å²) in [6.45, 7) is 1.97. The molecule has 0 aliphatic heterocycles. The van der Waals surface area contributed by atoms with Gasteiger partial charge in [-0.1, -0.05) is 36.4 Å². The molecule has 0 aliphatic carbocycles. The molecule has 4 nitrogen and oxygen atoms in total. The molecule has 0 atom stereocenters. The van der Waals surface area contributed by atoms with Crippen LogP contribution in [0.15, 0.2) is 54.6 Å². The monoisotopic (exact) mass is 279 g/mol. The molecule has 4 heteroatoms. The molecule has 0 amide bonds. The highest BCUT2D eigenvalue weighted by atomic mass is 16.5. The molecule has 0 spiro atoms. The van der Waals surface area contributed by atoms with Crippen molar-refractivity contribution in [3.8, 4) is 22.6 Å². The third-order valence-electron chi connectivity index (χ3n) is 3.46. The quantitative estimate of drug-likeness (QED) is 0.799. The predicted octanol–water partition coefficient (Wildman–Crippen LogP) is 3.44. The van der Waals surface area contributed by atoms with E-state index in [-0.39, 0.29) is 0 Å². The van der Waals surface area contributed by atoms with E-state index in [1.54, 1.807) is 11.8 Å². The van der Waals surface area contributed by atoms with E-state index in [2.05, 4.69) is 5.10 Å². The fraction of sp³-hybridized carbons (Fsp3) is 0.118. The van der Waals surface area contributed by atoms with Gasteiger partial charge in [-0.25, -0.2) is 4.68 Å². The topological polar surface area (TPSA) is 53.1 Å². The summed E-state index contributed by atoms with van der Waals surface area (Å²) in [5, 5.41) is 4.57. The fourth-order valence-corrected chi connectivity index (χ4v) is 2.45. The van der Waals surface area contributed by atoms with Crippen molar-refractivity contribution in [1.82, 2.24) is 9.78 Å². The van der Waals surface area contributed by atoms with E-state index in [0.29, 0.717) is 5.82 Å². The van der Waals surface area contributed by atoms with E-state index in [1.807, 2.05) is 61.5 Å². The molecular formula is C17H17N3O. The maximum absolute atomic E-state index is 6.32. The summed E-state index contributed by atoms with van der Waals surface area (Å²) in [6, 6.07) is 17.8. The Bertz CT molecular complexity index is 763. The van der Waals surface area contributed by atoms with Crippen LogP contribution >= 0.6 is 0 Å². The minimum Gasteiger partial charge on any atom is -0.497 e. The molecule has 0 fully saturated rings. The van der Waals surface area contributed by atoms with Crippen LogP contribution in [0.2, 0.25) is 0 Å². The zero-order chi connectivity index (χ0) is 14.8. The Balaban J connectivity index is 2.14. The van der Waals surface area contributed by atoms with Gasteiger partial charge in [-0.2, -0.15) is 5.10 Å². The lowest BCUT2D eigenvalue weighted by Gasteiger charge is -2.07. The van der Waals surface area contributed by atoms with E-state index in [9.17, 15) is 0 Å². The Morgan fingerprint density at radius 3 is 2.52 bits per heavy atom. The lowest BCUT2D eigenvalue weighted by molar-refractivity contribution is 0.414. The number of benzene rings is 2. The van der Waals surface area contributed by atoms with Crippen molar-refractivity contribution in [3.63, 3.8) is 0 Å². The smallest absolute Gasteiger partial charge is 0.135 e. The van der Waals surface area contributed by atoms with Crippen LogP contribution in [0.25, 0.3) is 16.8 Å². The molecule has 21 heavy (non-hydrogen) atoms. The van der Waals surface area contributed by atoms with Crippen molar-refractivity contribution in [2.75, 3.05) is 12.8 Å². The van der Waals surface area contributed by atoms with Gasteiger partial charge in [0, 0.05) is 11.6 Å². The predicted molar refractivity (Wildman–Crippen MR) is 84.7 cm³/mol. The van der Waals surface area contributed by atoms with Gasteiger partial charge in [0.2, 0.25) is 0 Å². The first-order valence-corrected chi connectivity index (χ1v) is 6.75. The SMILES string of the molecule is COc1cccc(-n2nc(C)c(-c3ccccc3)c2N)c1. The van der Waals surface area contributed by atoms with Gasteiger partial charge >= 0.3 is 0 Å². The fourth-order valence-electron chi connectivity index (χ4n) is 2.45. The van der Waals surface area contributed by atoms with Crippen molar-refractivity contribution in [3.05, 3.63) is 60.3 Å². The average Bonchev–Trinajstić information content (AvgIpc) is 2.83. The number of hydrogen-bond donors (Lipinski definition) is 1. The normalized spacial score (nSPS) is 10.6. The Morgan fingerprint density at radius 1 is 1.05 bits per heavy atom. The second-order valence-electron chi connectivity index (χ2n) is 4.82. The van der Waals surface area contributed by atoms with Crippen LogP contribution in [0, 0.1) is 6.92 Å². The number of nitrogen functional groups attached to an aromatic ring is 1. The summed E-state index contributed by atoms with van der Waals surface area (Å²) in [7, 11) is 1.65. The van der Waals surface area contributed by atoms with E-state index >= 15 is 0 Å². The zero-order valence-corrected chi connectivity index (χ0v) is 12.1. The highest BCUT2D eigenvalue weighted by molar-refractivity contribution is 5.77. The van der Waals surface area contributed by atoms with Crippen LogP contribution in [0.5, 0.6) is 5.75 Å². The Hall–Kier alpha value is -2.75. The van der Waals surface area contributed by atoms with Crippen LogP contribution in [-0.4, -0.2) is 16.9 Å². The molecule has 0 unspecified atom stereocenters. The number of nitrogens with two attached hydrogens (primary N) is 1. The van der Waals surface area contributed by atoms with E-state index in [4.69, 9.17) is 10.5 Å². The van der Waals surface area contributed by atoms with Gasteiger partial charge in [0.05, 0.1) is 18.5 Å². The summed E-state index contributed by atoms with van der Waals surface area (Å²) in [4.78, 5) is 0. The minimum atomic E-state index is 0.631. The molecule has 0 radical (unpaired) electrons. The van der Waals surface area contributed by atoms with Gasteiger partial charge in [-0.3, -0.25) is 0 Å². The standard InChI is InChI=1S/C17H17N3O/c1-12-16(13-7-4-3-5-8-13)17(18)20(19-12)14-9-6-10-15(11-14)21-2/h3-11H,18H2,1-2H3. The molecule has 2 aromatic carbocycles. The van der Waals surface area contributed by atoms with Gasteiger partial charge in [0.15, 0.2) is 0 Å². The molecule has 2 N–H and O–H groups in total. The molecule has 3 aromatic rings. The first kappa shape index (κ1) is 13.2. The number of rotatable bonds is 3. The molecule has 0 saturated heterocycles. The molecule has 0 saturated carbocycles. The number of ether oxygens (including phenoxy) is 1. The maximum Gasteiger partial charge on any atom is 0.135 e. The first-order chi connectivity index (χ1) is 10.2. The highest BCUT2D eigenvalue weighted by Gasteiger charge is 2.15. The van der Waals surface area contributed by atoms with Crippen LogP contribution in [0.4, 0.5) is 5.82 Å². The lowest BCUT2D eigenvalue weighted by atomic mass is 10.1. The molecule has 1 heterocycles. The summed E-state index contributed by atoms with van der Waals surface area (Å²) >= 11 is 0. The van der Waals surface area contributed by atoms with Gasteiger partial charge in [-0.15, -0.1) is 0 Å². The van der Waals surface area contributed by atoms with Crippen molar-refractivity contribution < 1.29 is 4.74 Å². The van der Waals surface area contributed by atoms with Crippen molar-refractivity contribution >= 4 is 5.82 Å². The minimum absolute atomic E-state index is 0.631. The van der Waals surface area contributed by atoms with Gasteiger partial charge in [-0.05, 0) is 24.6 Å². The van der Waals surface area contributed by atoms with Crippen LogP contribution < -0.4 is 10.5 Å². The number of anilines is 1. The summed E-state index contributed by atoms with van der Waals surface area (Å²) in [5.74, 6) is 1.41. The highest BCUT2D eigenvalue weighted by Crippen LogP contribution is 2.31. The third-order valence-corrected chi connectivity index (χ3v) is 3.46. The van der Waals surface area contributed by atoms with Crippen LogP contribution in [0.3, 0.4) is 0 Å². The third kappa shape index (κ3) is 2.36. The summed E-state index contributed by atoms with van der Waals surface area (Å²) in [6.07, 6.45) is 0. The van der Waals surface area contributed by atoms with E-state index in [0.717, 1.165) is 28.3 Å². The molecule has 0 bridgehead atoms. The number of aromatic nitrogens is 2. The summed E-state index contributed by atoms with van der Waals surface area (Å²) < 4.78 is 7.01. The number of hydrogen-bond acceptors (Lipinski definition) is 3. The molecule has 0 aliphatic rings. The van der Waals surface area contributed by atoms with Crippen molar-refractivity contribution in [2.45, 2.75) is 6.92 Å². The number of methoxy groups -OCH3 is 1.